The first-order valence-electron chi connectivity index (χ1n) is 5.77. The molecule has 78 valence electrons. The van der Waals surface area contributed by atoms with Gasteiger partial charge in [-0.2, -0.15) is 0 Å². The predicted molar refractivity (Wildman–Crippen MR) is 58.9 cm³/mol. The Hall–Kier alpha value is -0.0400. The van der Waals surface area contributed by atoms with E-state index < -0.39 is 0 Å². The van der Waals surface area contributed by atoms with Crippen molar-refractivity contribution < 1.29 is 0 Å². The van der Waals surface area contributed by atoms with E-state index in [-0.39, 0.29) is 5.54 Å². The van der Waals surface area contributed by atoms with Crippen LogP contribution >= 0.6 is 0 Å². The van der Waals surface area contributed by atoms with E-state index in [0.717, 1.165) is 5.92 Å². The van der Waals surface area contributed by atoms with Crippen LogP contribution in [0.25, 0.3) is 0 Å². The highest BCUT2D eigenvalue weighted by Gasteiger charge is 2.23. The minimum absolute atomic E-state index is 0.275. The molecule has 1 rings (SSSR count). The molecule has 0 bridgehead atoms. The molecule has 1 aliphatic rings. The van der Waals surface area contributed by atoms with E-state index in [1.807, 2.05) is 0 Å². The topological polar surface area (TPSA) is 12.0 Å². The Balaban J connectivity index is 2.33. The average Bonchev–Trinajstić information content (AvgIpc) is 2.03. The lowest BCUT2D eigenvalue weighted by Crippen LogP contribution is -2.46. The predicted octanol–water partition coefficient (Wildman–Crippen LogP) is 3.34. The van der Waals surface area contributed by atoms with Crippen LogP contribution < -0.4 is 5.32 Å². The molecule has 1 atom stereocenters. The molecule has 13 heavy (non-hydrogen) atoms. The van der Waals surface area contributed by atoms with Gasteiger partial charge < -0.3 is 5.32 Å². The molecule has 0 heterocycles. The van der Waals surface area contributed by atoms with E-state index in [1.165, 1.54) is 32.1 Å². The largest absolute Gasteiger partial charge is 0.309 e. The zero-order chi connectivity index (χ0) is 9.90. The average molecular weight is 183 g/mol. The van der Waals surface area contributed by atoms with Crippen molar-refractivity contribution in [1.82, 2.24) is 5.32 Å². The quantitative estimate of drug-likeness (QED) is 0.692. The van der Waals surface area contributed by atoms with Crippen LogP contribution in [0.2, 0.25) is 0 Å². The summed E-state index contributed by atoms with van der Waals surface area (Å²) in [5.41, 5.74) is 0.275. The first-order valence-corrected chi connectivity index (χ1v) is 5.77. The highest BCUT2D eigenvalue weighted by molar-refractivity contribution is 4.81. The van der Waals surface area contributed by atoms with Gasteiger partial charge in [-0.1, -0.05) is 19.3 Å². The lowest BCUT2D eigenvalue weighted by molar-refractivity contribution is 0.241. The molecule has 0 saturated heterocycles. The summed E-state index contributed by atoms with van der Waals surface area (Å²) in [7, 11) is 0. The van der Waals surface area contributed by atoms with Gasteiger partial charge in [-0.3, -0.25) is 0 Å². The van der Waals surface area contributed by atoms with Gasteiger partial charge in [0.05, 0.1) is 0 Å². The van der Waals surface area contributed by atoms with E-state index in [1.54, 1.807) is 0 Å². The Labute approximate surface area is 83.3 Å². The van der Waals surface area contributed by atoms with Crippen LogP contribution in [-0.4, -0.2) is 11.6 Å². The zero-order valence-corrected chi connectivity index (χ0v) is 9.69. The highest BCUT2D eigenvalue weighted by atomic mass is 15.0. The van der Waals surface area contributed by atoms with E-state index in [0.29, 0.717) is 6.04 Å². The van der Waals surface area contributed by atoms with Crippen LogP contribution in [0, 0.1) is 5.92 Å². The second kappa shape index (κ2) is 4.45. The summed E-state index contributed by atoms with van der Waals surface area (Å²) >= 11 is 0. The van der Waals surface area contributed by atoms with Crippen LogP contribution in [0.15, 0.2) is 0 Å². The smallest absolute Gasteiger partial charge is 0.00990 e. The third kappa shape index (κ3) is 4.12. The van der Waals surface area contributed by atoms with Gasteiger partial charge in [0.15, 0.2) is 0 Å². The van der Waals surface area contributed by atoms with E-state index >= 15 is 0 Å². The van der Waals surface area contributed by atoms with E-state index in [2.05, 4.69) is 33.0 Å². The zero-order valence-electron chi connectivity index (χ0n) is 9.69. The molecule has 0 aromatic heterocycles. The van der Waals surface area contributed by atoms with Crippen molar-refractivity contribution in [1.29, 1.82) is 0 Å². The molecule has 1 nitrogen and oxygen atoms in total. The van der Waals surface area contributed by atoms with Gasteiger partial charge in [-0.25, -0.2) is 0 Å². The van der Waals surface area contributed by atoms with Crippen LogP contribution in [0.1, 0.15) is 59.8 Å². The van der Waals surface area contributed by atoms with Crippen LogP contribution in [0.4, 0.5) is 0 Å². The number of rotatable bonds is 2. The fourth-order valence-corrected chi connectivity index (χ4v) is 2.44. The first-order chi connectivity index (χ1) is 5.99. The highest BCUT2D eigenvalue weighted by Crippen LogP contribution is 2.27. The molecule has 1 fully saturated rings. The molecule has 0 spiro atoms. The lowest BCUT2D eigenvalue weighted by Gasteiger charge is -2.33. The number of hydrogen-bond acceptors (Lipinski definition) is 1. The first kappa shape index (κ1) is 11.0. The number of nitrogens with one attached hydrogen (secondary N) is 1. The Morgan fingerprint density at radius 2 is 1.62 bits per heavy atom. The van der Waals surface area contributed by atoms with Crippen LogP contribution in [0.5, 0.6) is 0 Å². The molecule has 1 aliphatic carbocycles. The standard InChI is InChI=1S/C12H25N/c1-10(13-12(2,3)4)11-8-6-5-7-9-11/h10-11,13H,5-9H2,1-4H3. The molecular weight excluding hydrogens is 158 g/mol. The summed E-state index contributed by atoms with van der Waals surface area (Å²) in [4.78, 5) is 0. The monoisotopic (exact) mass is 183 g/mol. The minimum Gasteiger partial charge on any atom is -0.309 e. The Kier molecular flexibility index (Phi) is 3.78. The molecule has 1 unspecified atom stereocenters. The molecular formula is C12H25N. The molecule has 1 heteroatoms. The van der Waals surface area contributed by atoms with Gasteiger partial charge in [-0.15, -0.1) is 0 Å². The Bertz CT molecular complexity index is 140. The maximum absolute atomic E-state index is 3.69. The maximum Gasteiger partial charge on any atom is 0.00990 e. The molecule has 0 aromatic carbocycles. The fraction of sp³-hybridized carbons (Fsp3) is 1.00. The van der Waals surface area contributed by atoms with Gasteiger partial charge >= 0.3 is 0 Å². The van der Waals surface area contributed by atoms with Gasteiger partial charge in [-0.05, 0) is 46.5 Å². The van der Waals surface area contributed by atoms with E-state index in [4.69, 9.17) is 0 Å². The molecule has 1 saturated carbocycles. The molecule has 0 aromatic rings. The Morgan fingerprint density at radius 1 is 1.08 bits per heavy atom. The Morgan fingerprint density at radius 3 is 2.08 bits per heavy atom. The van der Waals surface area contributed by atoms with Crippen molar-refractivity contribution in [2.45, 2.75) is 71.4 Å². The maximum atomic E-state index is 3.69. The minimum atomic E-state index is 0.275. The van der Waals surface area contributed by atoms with Gasteiger partial charge in [0.1, 0.15) is 0 Å². The van der Waals surface area contributed by atoms with Gasteiger partial charge in [0.2, 0.25) is 0 Å². The normalized spacial score (nSPS) is 23.1. The third-order valence-electron chi connectivity index (χ3n) is 3.02. The third-order valence-corrected chi connectivity index (χ3v) is 3.02. The summed E-state index contributed by atoms with van der Waals surface area (Å²) in [5.74, 6) is 0.924. The SMILES string of the molecule is CC(NC(C)(C)C)C1CCCCC1. The molecule has 0 amide bonds. The fourth-order valence-electron chi connectivity index (χ4n) is 2.44. The van der Waals surface area contributed by atoms with Crippen molar-refractivity contribution in [3.8, 4) is 0 Å². The van der Waals surface area contributed by atoms with Crippen molar-refractivity contribution in [2.75, 3.05) is 0 Å². The summed E-state index contributed by atoms with van der Waals surface area (Å²) in [6.07, 6.45) is 7.22. The number of hydrogen-bond donors (Lipinski definition) is 1. The van der Waals surface area contributed by atoms with Crippen LogP contribution in [-0.2, 0) is 0 Å². The summed E-state index contributed by atoms with van der Waals surface area (Å²) in [6.45, 7) is 9.12. The van der Waals surface area contributed by atoms with Crippen molar-refractivity contribution >= 4 is 0 Å². The second-order valence-electron chi connectivity index (χ2n) is 5.58. The summed E-state index contributed by atoms with van der Waals surface area (Å²) in [5, 5.41) is 3.69. The van der Waals surface area contributed by atoms with Crippen molar-refractivity contribution in [3.05, 3.63) is 0 Å². The molecule has 0 aliphatic heterocycles. The van der Waals surface area contributed by atoms with Gasteiger partial charge in [0.25, 0.3) is 0 Å². The van der Waals surface area contributed by atoms with Crippen molar-refractivity contribution in [3.63, 3.8) is 0 Å². The second-order valence-corrected chi connectivity index (χ2v) is 5.58. The summed E-state index contributed by atoms with van der Waals surface area (Å²) in [6, 6.07) is 0.695. The van der Waals surface area contributed by atoms with Crippen molar-refractivity contribution in [2.24, 2.45) is 5.92 Å². The molecule has 1 N–H and O–H groups in total. The summed E-state index contributed by atoms with van der Waals surface area (Å²) < 4.78 is 0. The van der Waals surface area contributed by atoms with Gasteiger partial charge in [0, 0.05) is 11.6 Å². The lowest BCUT2D eigenvalue weighted by atomic mass is 9.84. The van der Waals surface area contributed by atoms with E-state index in [9.17, 15) is 0 Å². The van der Waals surface area contributed by atoms with Crippen LogP contribution in [0.3, 0.4) is 0 Å². The molecule has 0 radical (unpaired) electrons.